The topological polar surface area (TPSA) is 160 Å². The molecule has 0 aromatic heterocycles. The van der Waals surface area contributed by atoms with Gasteiger partial charge in [-0.25, -0.2) is 0 Å². The van der Waals surface area contributed by atoms with E-state index in [9.17, 15) is 27.5 Å². The zero-order valence-electron chi connectivity index (χ0n) is 12.1. The summed E-state index contributed by atoms with van der Waals surface area (Å²) in [6.07, 6.45) is -6.57. The molecule has 4 N–H and O–H groups in total. The van der Waals surface area contributed by atoms with Crippen LogP contribution in [0.15, 0.2) is 0 Å². The Morgan fingerprint density at radius 2 is 1.86 bits per heavy atom. The number of aliphatic hydroxyl groups excluding tert-OH is 3. The molecule has 1 aliphatic rings. The molecule has 0 aliphatic carbocycles. The quantitative estimate of drug-likeness (QED) is 0.257. The standard InChI is InChI=1S/C10H21AsO10S/c1-11(2,15)20-4-7-8(13)9(14)10(21-7)19-3-6(12)5-22(16,17)18/h6-10,12-14H,3-5H2,1-2H3,(H,16,17,18)/t6?,7-,8-,9-,10-/m1/s1. The van der Waals surface area contributed by atoms with E-state index < -0.39 is 67.0 Å². The van der Waals surface area contributed by atoms with E-state index in [1.54, 1.807) is 0 Å². The van der Waals surface area contributed by atoms with Crippen molar-refractivity contribution in [1.29, 1.82) is 0 Å². The fraction of sp³-hybridized carbons (Fsp3) is 1.00. The van der Waals surface area contributed by atoms with E-state index in [4.69, 9.17) is 17.8 Å². The van der Waals surface area contributed by atoms with Crippen molar-refractivity contribution in [3.8, 4) is 0 Å². The second-order valence-corrected chi connectivity index (χ2v) is 12.6. The normalized spacial score (nSPS) is 31.4. The van der Waals surface area contributed by atoms with Crippen LogP contribution in [0.4, 0.5) is 0 Å². The van der Waals surface area contributed by atoms with Crippen molar-refractivity contribution < 1.29 is 45.2 Å². The second kappa shape index (κ2) is 7.73. The molecule has 132 valence electrons. The van der Waals surface area contributed by atoms with Crippen LogP contribution in [0, 0.1) is 0 Å². The van der Waals surface area contributed by atoms with Crippen molar-refractivity contribution in [3.05, 3.63) is 0 Å². The van der Waals surface area contributed by atoms with Gasteiger partial charge in [-0.1, -0.05) is 0 Å². The SMILES string of the molecule is C[As](C)(=O)OC[C@H]1O[C@@H](OCC(O)CS(=O)(=O)O)[C@H](O)[C@@H]1O. The van der Waals surface area contributed by atoms with E-state index in [0.717, 1.165) is 0 Å². The van der Waals surface area contributed by atoms with Crippen LogP contribution in [0.25, 0.3) is 0 Å². The molecule has 1 aliphatic heterocycles. The van der Waals surface area contributed by atoms with E-state index in [1.165, 1.54) is 11.4 Å². The molecule has 1 rings (SSSR count). The zero-order valence-corrected chi connectivity index (χ0v) is 14.8. The predicted molar refractivity (Wildman–Crippen MR) is 73.2 cm³/mol. The fourth-order valence-corrected chi connectivity index (χ4v) is 3.38. The molecule has 0 saturated carbocycles. The van der Waals surface area contributed by atoms with Gasteiger partial charge in [0.1, 0.15) is 0 Å². The third-order valence-electron chi connectivity index (χ3n) is 2.72. The molecule has 0 bridgehead atoms. The van der Waals surface area contributed by atoms with Gasteiger partial charge in [-0.05, 0) is 0 Å². The van der Waals surface area contributed by atoms with Gasteiger partial charge in [0, 0.05) is 0 Å². The Balaban J connectivity index is 2.47. The average molecular weight is 408 g/mol. The summed E-state index contributed by atoms with van der Waals surface area (Å²) in [5.41, 5.74) is 2.88. The van der Waals surface area contributed by atoms with Gasteiger partial charge in [0.2, 0.25) is 0 Å². The predicted octanol–water partition coefficient (Wildman–Crippen LogP) is -2.15. The number of aliphatic hydroxyl groups is 3. The number of hydrogen-bond donors (Lipinski definition) is 4. The zero-order chi connectivity index (χ0) is 17.1. The maximum absolute atomic E-state index is 11.5. The van der Waals surface area contributed by atoms with Crippen molar-refractivity contribution in [1.82, 2.24) is 0 Å². The van der Waals surface area contributed by atoms with Crippen molar-refractivity contribution in [2.45, 2.75) is 42.1 Å². The molecule has 0 aromatic carbocycles. The number of hydrogen-bond acceptors (Lipinski definition) is 9. The maximum atomic E-state index is 11.5. The fourth-order valence-electron chi connectivity index (χ4n) is 1.74. The Morgan fingerprint density at radius 3 is 2.36 bits per heavy atom. The van der Waals surface area contributed by atoms with Gasteiger partial charge in [0.25, 0.3) is 0 Å². The molecule has 1 fully saturated rings. The summed E-state index contributed by atoms with van der Waals surface area (Å²) in [6, 6.07) is 0. The third-order valence-corrected chi connectivity index (χ3v) is 5.15. The molecule has 1 saturated heterocycles. The van der Waals surface area contributed by atoms with Crippen molar-refractivity contribution in [3.63, 3.8) is 0 Å². The molecule has 5 atom stereocenters. The molecular weight excluding hydrogens is 387 g/mol. The summed E-state index contributed by atoms with van der Waals surface area (Å²) < 4.78 is 56.4. The van der Waals surface area contributed by atoms with Gasteiger partial charge in [0.15, 0.2) is 0 Å². The van der Waals surface area contributed by atoms with Crippen LogP contribution in [-0.2, 0) is 27.1 Å². The molecule has 0 aromatic rings. The van der Waals surface area contributed by atoms with E-state index in [1.807, 2.05) is 0 Å². The van der Waals surface area contributed by atoms with E-state index >= 15 is 0 Å². The average Bonchev–Trinajstić information content (AvgIpc) is 2.58. The molecule has 10 nitrogen and oxygen atoms in total. The second-order valence-electron chi connectivity index (χ2n) is 5.31. The van der Waals surface area contributed by atoms with Gasteiger partial charge in [-0.15, -0.1) is 0 Å². The Kier molecular flexibility index (Phi) is 7.06. The first kappa shape index (κ1) is 20.1. The van der Waals surface area contributed by atoms with Crippen molar-refractivity contribution >= 4 is 23.9 Å². The van der Waals surface area contributed by atoms with Gasteiger partial charge in [-0.3, -0.25) is 0 Å². The van der Waals surface area contributed by atoms with Gasteiger partial charge in [0.05, 0.1) is 0 Å². The molecule has 12 heteroatoms. The van der Waals surface area contributed by atoms with Crippen LogP contribution < -0.4 is 0 Å². The van der Waals surface area contributed by atoms with Crippen LogP contribution in [0.1, 0.15) is 0 Å². The Labute approximate surface area is 130 Å². The van der Waals surface area contributed by atoms with Gasteiger partial charge >= 0.3 is 130 Å². The van der Waals surface area contributed by atoms with E-state index in [-0.39, 0.29) is 6.61 Å². The number of rotatable bonds is 8. The first-order chi connectivity index (χ1) is 9.89. The summed E-state index contributed by atoms with van der Waals surface area (Å²) in [6.45, 7) is -0.735. The molecule has 0 amide bonds. The van der Waals surface area contributed by atoms with E-state index in [2.05, 4.69) is 0 Å². The summed E-state index contributed by atoms with van der Waals surface area (Å²) in [7, 11) is -4.36. The molecular formula is C10H21AsO10S. The minimum atomic E-state index is -4.36. The van der Waals surface area contributed by atoms with Gasteiger partial charge in [-0.2, -0.15) is 0 Å². The summed E-state index contributed by atoms with van der Waals surface area (Å²) in [5, 5.41) is 28.8. The van der Waals surface area contributed by atoms with Crippen LogP contribution in [0.3, 0.4) is 0 Å². The molecule has 0 spiro atoms. The van der Waals surface area contributed by atoms with Crippen LogP contribution in [-0.4, -0.2) is 91.8 Å². The minimum absolute atomic E-state index is 0.199. The Bertz CT molecular complexity index is 502. The summed E-state index contributed by atoms with van der Waals surface area (Å²) in [5.74, 6) is -0.928. The Hall–Kier alpha value is 0.0284. The van der Waals surface area contributed by atoms with Crippen molar-refractivity contribution in [2.75, 3.05) is 19.0 Å². The third kappa shape index (κ3) is 7.07. The van der Waals surface area contributed by atoms with Gasteiger partial charge < -0.3 is 0 Å². The molecule has 1 heterocycles. The molecule has 0 radical (unpaired) electrons. The Morgan fingerprint density at radius 1 is 1.27 bits per heavy atom. The first-order valence-electron chi connectivity index (χ1n) is 6.35. The van der Waals surface area contributed by atoms with Crippen LogP contribution in [0.5, 0.6) is 0 Å². The van der Waals surface area contributed by atoms with E-state index in [0.29, 0.717) is 0 Å². The van der Waals surface area contributed by atoms with Crippen molar-refractivity contribution in [2.24, 2.45) is 0 Å². The monoisotopic (exact) mass is 408 g/mol. The summed E-state index contributed by atoms with van der Waals surface area (Å²) >= 11 is -3.38. The number of ether oxygens (including phenoxy) is 2. The molecule has 1 unspecified atom stereocenters. The first-order valence-corrected chi connectivity index (χ1v) is 13.2. The molecule has 22 heavy (non-hydrogen) atoms. The van der Waals surface area contributed by atoms with Crippen LogP contribution in [0.2, 0.25) is 11.4 Å². The van der Waals surface area contributed by atoms with Crippen LogP contribution >= 0.6 is 0 Å². The summed E-state index contributed by atoms with van der Waals surface area (Å²) in [4.78, 5) is 0.